The first-order valence-corrected chi connectivity index (χ1v) is 11.1. The van der Waals surface area contributed by atoms with Crippen LogP contribution in [-0.4, -0.2) is 68.7 Å². The van der Waals surface area contributed by atoms with Gasteiger partial charge in [-0.1, -0.05) is 6.92 Å². The topological polar surface area (TPSA) is 166 Å². The number of nitrogens with two attached hydrogens (primary N) is 1. The van der Waals surface area contributed by atoms with E-state index in [2.05, 4.69) is 15.6 Å². The molecule has 0 saturated carbocycles. The summed E-state index contributed by atoms with van der Waals surface area (Å²) in [6.07, 6.45) is 5.85. The summed E-state index contributed by atoms with van der Waals surface area (Å²) in [4.78, 5) is 66.5. The highest BCUT2D eigenvalue weighted by Crippen LogP contribution is 2.19. The lowest BCUT2D eigenvalue weighted by Gasteiger charge is -2.28. The average Bonchev–Trinajstić information content (AvgIpc) is 3.52. The summed E-state index contributed by atoms with van der Waals surface area (Å²) < 4.78 is 6.71. The molecule has 1 aromatic heterocycles. The summed E-state index contributed by atoms with van der Waals surface area (Å²) in [5.41, 5.74) is 5.94. The van der Waals surface area contributed by atoms with E-state index < -0.39 is 35.8 Å². The fourth-order valence-electron chi connectivity index (χ4n) is 4.02. The molecule has 12 nitrogen and oxygen atoms in total. The van der Waals surface area contributed by atoms with Gasteiger partial charge in [0.1, 0.15) is 18.1 Å². The molecule has 2 aliphatic rings. The first-order valence-electron chi connectivity index (χ1n) is 11.1. The Morgan fingerprint density at radius 3 is 2.79 bits per heavy atom. The van der Waals surface area contributed by atoms with E-state index in [1.807, 2.05) is 6.92 Å². The Labute approximate surface area is 191 Å². The number of hydrogen-bond acceptors (Lipinski definition) is 7. The molecule has 0 aliphatic carbocycles. The third-order valence-electron chi connectivity index (χ3n) is 5.72. The van der Waals surface area contributed by atoms with Gasteiger partial charge in [0.2, 0.25) is 23.6 Å². The van der Waals surface area contributed by atoms with Crippen molar-refractivity contribution in [3.05, 3.63) is 18.2 Å². The van der Waals surface area contributed by atoms with Crippen LogP contribution in [0, 0.1) is 0 Å². The Kier molecular flexibility index (Phi) is 8.01. The van der Waals surface area contributed by atoms with Gasteiger partial charge < -0.3 is 30.6 Å². The second-order valence-electron chi connectivity index (χ2n) is 8.29. The van der Waals surface area contributed by atoms with Crippen LogP contribution in [0.5, 0.6) is 0 Å². The molecule has 2 aliphatic heterocycles. The average molecular weight is 463 g/mol. The third-order valence-corrected chi connectivity index (χ3v) is 5.72. The normalized spacial score (nSPS) is 20.9. The summed E-state index contributed by atoms with van der Waals surface area (Å²) in [5.74, 6) is -2.03. The molecule has 33 heavy (non-hydrogen) atoms. The van der Waals surface area contributed by atoms with E-state index in [0.29, 0.717) is 44.3 Å². The first kappa shape index (κ1) is 24.2. The van der Waals surface area contributed by atoms with Crippen LogP contribution in [-0.2, 0) is 41.9 Å². The molecule has 4 N–H and O–H groups in total. The second-order valence-corrected chi connectivity index (χ2v) is 8.29. The highest BCUT2D eigenvalue weighted by molar-refractivity contribution is 5.95. The smallest absolute Gasteiger partial charge is 0.307 e. The lowest BCUT2D eigenvalue weighted by atomic mass is 10.1. The quantitative estimate of drug-likeness (QED) is 0.374. The Bertz CT molecular complexity index is 915. The molecule has 180 valence electrons. The van der Waals surface area contributed by atoms with Crippen LogP contribution in [0.3, 0.4) is 0 Å². The van der Waals surface area contributed by atoms with Gasteiger partial charge in [-0.15, -0.1) is 0 Å². The zero-order valence-electron chi connectivity index (χ0n) is 18.6. The largest absolute Gasteiger partial charge is 0.444 e. The predicted molar refractivity (Wildman–Crippen MR) is 114 cm³/mol. The van der Waals surface area contributed by atoms with Crippen LogP contribution in [0.4, 0.5) is 0 Å². The monoisotopic (exact) mass is 462 g/mol. The standard InChI is InChI=1S/C21H30N6O6/c1-2-4-18(29)33-12-26-10-13(23-11-26)9-15(25-20(31)14-6-7-17(28)24-14)21(32)27-8-3-5-16(27)19(22)30/h10-11,14-16H,2-9,12H2,1H3,(H2,22,30)(H,24,28)(H,25,31)/t14?,15-,16?/m0/s1. The van der Waals surface area contributed by atoms with Crippen LogP contribution in [0.2, 0.25) is 0 Å². The van der Waals surface area contributed by atoms with Crippen molar-refractivity contribution >= 4 is 29.6 Å². The minimum Gasteiger partial charge on any atom is -0.444 e. The van der Waals surface area contributed by atoms with Crippen molar-refractivity contribution in [1.82, 2.24) is 25.1 Å². The molecular formula is C21H30N6O6. The molecule has 4 amide bonds. The van der Waals surface area contributed by atoms with Gasteiger partial charge >= 0.3 is 5.97 Å². The van der Waals surface area contributed by atoms with Crippen LogP contribution in [0.15, 0.2) is 12.5 Å². The van der Waals surface area contributed by atoms with Crippen LogP contribution < -0.4 is 16.4 Å². The zero-order chi connectivity index (χ0) is 24.0. The number of aromatic nitrogens is 2. The first-order chi connectivity index (χ1) is 15.8. The zero-order valence-corrected chi connectivity index (χ0v) is 18.6. The SMILES string of the molecule is CCCC(=O)OCn1cnc(C[C@H](NC(=O)C2CCC(=O)N2)C(=O)N2CCCC2C(N)=O)c1. The van der Waals surface area contributed by atoms with Crippen molar-refractivity contribution in [2.45, 2.75) is 76.7 Å². The maximum atomic E-state index is 13.3. The summed E-state index contributed by atoms with van der Waals surface area (Å²) >= 11 is 0. The van der Waals surface area contributed by atoms with Gasteiger partial charge in [0.15, 0.2) is 6.73 Å². The lowest BCUT2D eigenvalue weighted by Crippen LogP contribution is -2.56. The number of hydrogen-bond donors (Lipinski definition) is 3. The summed E-state index contributed by atoms with van der Waals surface area (Å²) in [6, 6.07) is -2.44. The molecule has 0 radical (unpaired) electrons. The minimum absolute atomic E-state index is 0.0131. The van der Waals surface area contributed by atoms with Crippen LogP contribution >= 0.6 is 0 Å². The molecular weight excluding hydrogens is 432 g/mol. The van der Waals surface area contributed by atoms with E-state index >= 15 is 0 Å². The number of carbonyl (C=O) groups is 5. The number of ether oxygens (including phenoxy) is 1. The van der Waals surface area contributed by atoms with Crippen LogP contribution in [0.1, 0.15) is 51.1 Å². The predicted octanol–water partition coefficient (Wildman–Crippen LogP) is -1.03. The molecule has 0 bridgehead atoms. The molecule has 0 spiro atoms. The fraction of sp³-hybridized carbons (Fsp3) is 0.619. The summed E-state index contributed by atoms with van der Waals surface area (Å²) in [6.45, 7) is 2.23. The van der Waals surface area contributed by atoms with E-state index in [4.69, 9.17) is 10.5 Å². The van der Waals surface area contributed by atoms with Gasteiger partial charge in [0.05, 0.1) is 12.0 Å². The number of carbonyl (C=O) groups excluding carboxylic acids is 5. The Morgan fingerprint density at radius 1 is 1.33 bits per heavy atom. The number of imidazole rings is 1. The van der Waals surface area contributed by atoms with Crippen molar-refractivity contribution in [3.8, 4) is 0 Å². The highest BCUT2D eigenvalue weighted by Gasteiger charge is 2.38. The number of primary amides is 1. The second kappa shape index (κ2) is 10.9. The molecule has 0 aromatic carbocycles. The van der Waals surface area contributed by atoms with Gasteiger partial charge in [-0.3, -0.25) is 24.0 Å². The van der Waals surface area contributed by atoms with Crippen molar-refractivity contribution in [2.24, 2.45) is 5.73 Å². The summed E-state index contributed by atoms with van der Waals surface area (Å²) in [5, 5.41) is 5.29. The molecule has 2 fully saturated rings. The van der Waals surface area contributed by atoms with Gasteiger partial charge in [0.25, 0.3) is 0 Å². The number of nitrogens with one attached hydrogen (secondary N) is 2. The minimum atomic E-state index is -0.999. The van der Waals surface area contributed by atoms with E-state index in [0.717, 1.165) is 0 Å². The van der Waals surface area contributed by atoms with Gasteiger partial charge in [-0.2, -0.15) is 0 Å². The molecule has 3 rings (SSSR count). The Balaban J connectivity index is 1.71. The molecule has 2 unspecified atom stereocenters. The van der Waals surface area contributed by atoms with Gasteiger partial charge in [-0.05, 0) is 25.7 Å². The number of nitrogens with zero attached hydrogens (tertiary/aromatic N) is 3. The summed E-state index contributed by atoms with van der Waals surface area (Å²) in [7, 11) is 0. The van der Waals surface area contributed by atoms with Gasteiger partial charge in [-0.25, -0.2) is 4.98 Å². The van der Waals surface area contributed by atoms with E-state index in [1.165, 1.54) is 11.2 Å². The van der Waals surface area contributed by atoms with E-state index in [-0.39, 0.29) is 31.4 Å². The van der Waals surface area contributed by atoms with Crippen molar-refractivity contribution in [1.29, 1.82) is 0 Å². The maximum absolute atomic E-state index is 13.3. The maximum Gasteiger partial charge on any atom is 0.307 e. The number of esters is 1. The number of amides is 4. The van der Waals surface area contributed by atoms with Crippen molar-refractivity contribution in [3.63, 3.8) is 0 Å². The molecule has 2 saturated heterocycles. The Hall–Kier alpha value is -3.44. The van der Waals surface area contributed by atoms with Crippen LogP contribution in [0.25, 0.3) is 0 Å². The number of likely N-dealkylation sites (tertiary alicyclic amines) is 1. The van der Waals surface area contributed by atoms with E-state index in [9.17, 15) is 24.0 Å². The highest BCUT2D eigenvalue weighted by atomic mass is 16.5. The van der Waals surface area contributed by atoms with Crippen molar-refractivity contribution < 1.29 is 28.7 Å². The molecule has 3 atom stereocenters. The van der Waals surface area contributed by atoms with Gasteiger partial charge in [0, 0.05) is 32.0 Å². The van der Waals surface area contributed by atoms with E-state index in [1.54, 1.807) is 10.8 Å². The van der Waals surface area contributed by atoms with Crippen molar-refractivity contribution in [2.75, 3.05) is 6.54 Å². The molecule has 1 aromatic rings. The Morgan fingerprint density at radius 2 is 2.12 bits per heavy atom. The lowest BCUT2D eigenvalue weighted by molar-refractivity contribution is -0.147. The molecule has 12 heteroatoms. The fourth-order valence-corrected chi connectivity index (χ4v) is 4.02. The molecule has 3 heterocycles. The third kappa shape index (κ3) is 6.30. The number of rotatable bonds is 10.